The Morgan fingerprint density at radius 2 is 1.53 bits per heavy atom. The van der Waals surface area contributed by atoms with Crippen LogP contribution in [0.4, 0.5) is 0 Å². The van der Waals surface area contributed by atoms with Crippen LogP contribution in [0.3, 0.4) is 0 Å². The van der Waals surface area contributed by atoms with Gasteiger partial charge in [-0.3, -0.25) is 0 Å². The Hall–Kier alpha value is -0.0800. The highest BCUT2D eigenvalue weighted by molar-refractivity contribution is 4.63. The number of hydrogen-bond acceptors (Lipinski definition) is 2. The first-order chi connectivity index (χ1) is 6.92. The number of nitrogens with one attached hydrogen (secondary N) is 2. The molecule has 0 amide bonds. The Morgan fingerprint density at radius 3 is 2.07 bits per heavy atom. The van der Waals surface area contributed by atoms with Crippen molar-refractivity contribution in [1.29, 1.82) is 0 Å². The first-order valence-corrected chi connectivity index (χ1v) is 6.33. The van der Waals surface area contributed by atoms with Crippen molar-refractivity contribution < 1.29 is 0 Å². The summed E-state index contributed by atoms with van der Waals surface area (Å²) in [7, 11) is 0. The molecule has 0 aromatic rings. The summed E-state index contributed by atoms with van der Waals surface area (Å²) in [5, 5.41) is 6.94. The third kappa shape index (κ3) is 13.9. The van der Waals surface area contributed by atoms with E-state index in [1.165, 1.54) is 12.8 Å². The topological polar surface area (TPSA) is 24.1 Å². The van der Waals surface area contributed by atoms with Crippen LogP contribution in [0.25, 0.3) is 0 Å². The molecule has 0 spiro atoms. The fourth-order valence-corrected chi connectivity index (χ4v) is 1.32. The summed E-state index contributed by atoms with van der Waals surface area (Å²) in [6, 6.07) is 0. The molecule has 2 nitrogen and oxygen atoms in total. The van der Waals surface area contributed by atoms with Crippen molar-refractivity contribution in [3.05, 3.63) is 0 Å². The van der Waals surface area contributed by atoms with Gasteiger partial charge in [0.05, 0.1) is 0 Å². The summed E-state index contributed by atoms with van der Waals surface area (Å²) in [5.41, 5.74) is 0.461. The molecule has 0 aliphatic carbocycles. The Labute approximate surface area is 96.2 Å². The fourth-order valence-electron chi connectivity index (χ4n) is 1.32. The van der Waals surface area contributed by atoms with E-state index in [-0.39, 0.29) is 0 Å². The fraction of sp³-hybridized carbons (Fsp3) is 1.00. The zero-order chi connectivity index (χ0) is 11.7. The molecule has 0 saturated carbocycles. The zero-order valence-corrected chi connectivity index (χ0v) is 11.3. The first-order valence-electron chi connectivity index (χ1n) is 6.33. The quantitative estimate of drug-likeness (QED) is 0.607. The van der Waals surface area contributed by atoms with E-state index in [1.807, 2.05) is 0 Å². The molecule has 0 aromatic heterocycles. The molecule has 0 atom stereocenters. The second kappa shape index (κ2) is 8.12. The summed E-state index contributed by atoms with van der Waals surface area (Å²) in [4.78, 5) is 0. The zero-order valence-electron chi connectivity index (χ0n) is 11.3. The van der Waals surface area contributed by atoms with Gasteiger partial charge in [0, 0.05) is 0 Å². The van der Waals surface area contributed by atoms with E-state index in [4.69, 9.17) is 0 Å². The number of hydrogen-bond donors (Lipinski definition) is 2. The Morgan fingerprint density at radius 1 is 0.933 bits per heavy atom. The van der Waals surface area contributed by atoms with Crippen molar-refractivity contribution in [2.24, 2.45) is 11.3 Å². The lowest BCUT2D eigenvalue weighted by molar-refractivity contribution is 0.366. The van der Waals surface area contributed by atoms with Gasteiger partial charge in [0.25, 0.3) is 0 Å². The lowest BCUT2D eigenvalue weighted by Crippen LogP contribution is -2.26. The van der Waals surface area contributed by atoms with Crippen LogP contribution in [0.1, 0.15) is 47.5 Å². The van der Waals surface area contributed by atoms with Gasteiger partial charge in [-0.1, -0.05) is 34.6 Å². The van der Waals surface area contributed by atoms with Gasteiger partial charge < -0.3 is 10.6 Å². The van der Waals surface area contributed by atoms with E-state index in [0.29, 0.717) is 5.41 Å². The number of rotatable bonds is 8. The molecule has 92 valence electrons. The largest absolute Gasteiger partial charge is 0.317 e. The van der Waals surface area contributed by atoms with E-state index in [9.17, 15) is 0 Å². The minimum Gasteiger partial charge on any atom is -0.317 e. The Kier molecular flexibility index (Phi) is 8.07. The Balaban J connectivity index is 3.06. The normalized spacial score (nSPS) is 12.4. The third-order valence-electron chi connectivity index (χ3n) is 2.31. The molecule has 0 aliphatic heterocycles. The average molecular weight is 214 g/mol. The van der Waals surface area contributed by atoms with Crippen LogP contribution in [0.5, 0.6) is 0 Å². The first kappa shape index (κ1) is 14.9. The van der Waals surface area contributed by atoms with Crippen LogP contribution >= 0.6 is 0 Å². The lowest BCUT2D eigenvalue weighted by atomic mass is 9.92. The summed E-state index contributed by atoms with van der Waals surface area (Å²) in [6.45, 7) is 15.9. The maximum absolute atomic E-state index is 3.49. The summed E-state index contributed by atoms with van der Waals surface area (Å²) >= 11 is 0. The maximum Gasteiger partial charge on any atom is -0.00258 e. The predicted molar refractivity (Wildman–Crippen MR) is 69.3 cm³/mol. The van der Waals surface area contributed by atoms with Crippen LogP contribution in [0, 0.1) is 11.3 Å². The van der Waals surface area contributed by atoms with Crippen molar-refractivity contribution in [2.45, 2.75) is 47.5 Å². The molecule has 0 fully saturated rings. The lowest BCUT2D eigenvalue weighted by Gasteiger charge is -2.18. The smallest absolute Gasteiger partial charge is 0.00258 e. The van der Waals surface area contributed by atoms with Crippen molar-refractivity contribution in [2.75, 3.05) is 26.2 Å². The van der Waals surface area contributed by atoms with Crippen molar-refractivity contribution in [1.82, 2.24) is 10.6 Å². The molecule has 0 heterocycles. The molecule has 0 radical (unpaired) electrons. The average Bonchev–Trinajstić information content (AvgIpc) is 2.07. The summed E-state index contributed by atoms with van der Waals surface area (Å²) in [5.74, 6) is 0.763. The highest BCUT2D eigenvalue weighted by Crippen LogP contribution is 2.16. The van der Waals surface area contributed by atoms with Gasteiger partial charge in [-0.2, -0.15) is 0 Å². The molecule has 2 heteroatoms. The molecule has 0 saturated heterocycles. The molecular weight excluding hydrogens is 184 g/mol. The Bertz CT molecular complexity index is 136. The van der Waals surface area contributed by atoms with E-state index in [2.05, 4.69) is 45.3 Å². The maximum atomic E-state index is 3.49. The van der Waals surface area contributed by atoms with Crippen molar-refractivity contribution >= 4 is 0 Å². The van der Waals surface area contributed by atoms with Gasteiger partial charge in [-0.25, -0.2) is 0 Å². The highest BCUT2D eigenvalue weighted by atomic mass is 14.9. The standard InChI is InChI=1S/C13H30N2/c1-12(2)11-15-9-6-8-14-10-7-13(3,4)5/h12,14-15H,6-11H2,1-5H3. The molecule has 2 N–H and O–H groups in total. The molecule has 15 heavy (non-hydrogen) atoms. The van der Waals surface area contributed by atoms with E-state index >= 15 is 0 Å². The molecular formula is C13H30N2. The second-order valence-electron chi connectivity index (χ2n) is 6.01. The van der Waals surface area contributed by atoms with Crippen LogP contribution < -0.4 is 10.6 Å². The van der Waals surface area contributed by atoms with Gasteiger partial charge in [-0.05, 0) is 50.4 Å². The van der Waals surface area contributed by atoms with Gasteiger partial charge in [-0.15, -0.1) is 0 Å². The summed E-state index contributed by atoms with van der Waals surface area (Å²) in [6.07, 6.45) is 2.49. The van der Waals surface area contributed by atoms with Gasteiger partial charge in [0.2, 0.25) is 0 Å². The molecule has 0 bridgehead atoms. The van der Waals surface area contributed by atoms with Crippen LogP contribution in [0.2, 0.25) is 0 Å². The summed E-state index contributed by atoms with van der Waals surface area (Å²) < 4.78 is 0. The van der Waals surface area contributed by atoms with Gasteiger partial charge in [0.15, 0.2) is 0 Å². The molecule has 0 unspecified atom stereocenters. The third-order valence-corrected chi connectivity index (χ3v) is 2.31. The second-order valence-corrected chi connectivity index (χ2v) is 6.01. The molecule has 0 rings (SSSR count). The van der Waals surface area contributed by atoms with Crippen molar-refractivity contribution in [3.63, 3.8) is 0 Å². The van der Waals surface area contributed by atoms with Crippen LogP contribution in [-0.2, 0) is 0 Å². The minimum absolute atomic E-state index is 0.461. The SMILES string of the molecule is CC(C)CNCCCNCCC(C)(C)C. The van der Waals surface area contributed by atoms with Gasteiger partial charge in [0.1, 0.15) is 0 Å². The highest BCUT2D eigenvalue weighted by Gasteiger charge is 2.08. The van der Waals surface area contributed by atoms with Gasteiger partial charge >= 0.3 is 0 Å². The monoisotopic (exact) mass is 214 g/mol. The molecule has 0 aliphatic rings. The van der Waals surface area contributed by atoms with Crippen LogP contribution in [-0.4, -0.2) is 26.2 Å². The van der Waals surface area contributed by atoms with E-state index in [0.717, 1.165) is 32.1 Å². The molecule has 0 aromatic carbocycles. The minimum atomic E-state index is 0.461. The van der Waals surface area contributed by atoms with Crippen molar-refractivity contribution in [3.8, 4) is 0 Å². The van der Waals surface area contributed by atoms with E-state index in [1.54, 1.807) is 0 Å². The van der Waals surface area contributed by atoms with Crippen LogP contribution in [0.15, 0.2) is 0 Å². The van der Waals surface area contributed by atoms with E-state index < -0.39 is 0 Å². The predicted octanol–water partition coefficient (Wildman–Crippen LogP) is 2.65.